The molecule has 1 unspecified atom stereocenters. The van der Waals surface area contributed by atoms with Crippen molar-refractivity contribution in [3.05, 3.63) is 36.5 Å². The number of unbranched alkanes of at least 4 members (excludes halogenated alkanes) is 5. The zero-order valence-corrected chi connectivity index (χ0v) is 13.6. The second-order valence-corrected chi connectivity index (χ2v) is 5.30. The smallest absolute Gasteiger partial charge is 0.303 e. The molecule has 0 aliphatic rings. The molecule has 0 spiro atoms. The van der Waals surface area contributed by atoms with E-state index in [1.807, 2.05) is 30.4 Å². The lowest BCUT2D eigenvalue weighted by molar-refractivity contribution is -0.264. The lowest BCUT2D eigenvalue weighted by atomic mass is 10.1. The predicted molar refractivity (Wildman–Crippen MR) is 89.8 cm³/mol. The third kappa shape index (κ3) is 15.0. The molecule has 0 aromatic heterocycles. The average molecular weight is 310 g/mol. The molecule has 126 valence electrons. The zero-order valence-electron chi connectivity index (χ0n) is 13.6. The summed E-state index contributed by atoms with van der Waals surface area (Å²) in [5.41, 5.74) is 0. The number of hydrogen-bond donors (Lipinski definition) is 2. The van der Waals surface area contributed by atoms with Gasteiger partial charge in [0.25, 0.3) is 0 Å². The highest BCUT2D eigenvalue weighted by Gasteiger charge is 2.00. The first-order valence-corrected chi connectivity index (χ1v) is 8.21. The van der Waals surface area contributed by atoms with E-state index in [1.54, 1.807) is 0 Å². The van der Waals surface area contributed by atoms with Crippen molar-refractivity contribution in [2.45, 2.75) is 70.8 Å². The van der Waals surface area contributed by atoms with Gasteiger partial charge in [-0.25, -0.2) is 4.89 Å². The van der Waals surface area contributed by atoms with Gasteiger partial charge in [-0.05, 0) is 38.5 Å². The largest absolute Gasteiger partial charge is 0.481 e. The van der Waals surface area contributed by atoms with Gasteiger partial charge < -0.3 is 5.11 Å². The Hall–Kier alpha value is -1.39. The molecule has 0 aliphatic carbocycles. The standard InChI is InChI=1S/C18H30O4/c1-2-3-4-5-8-11-14-17(22-21)15-12-9-6-7-10-13-16-18(19)20/h6,8-9,11-12,15,17,21H,2-5,7,10,13-14,16H2,1H3,(H,19,20)/b9-6-,11-8-,15-12+. The summed E-state index contributed by atoms with van der Waals surface area (Å²) < 4.78 is 0. The van der Waals surface area contributed by atoms with Crippen molar-refractivity contribution in [1.82, 2.24) is 0 Å². The van der Waals surface area contributed by atoms with Crippen molar-refractivity contribution in [2.75, 3.05) is 0 Å². The normalized spacial score (nSPS) is 13.5. The van der Waals surface area contributed by atoms with Crippen molar-refractivity contribution < 1.29 is 20.0 Å². The summed E-state index contributed by atoms with van der Waals surface area (Å²) in [6, 6.07) is 0. The van der Waals surface area contributed by atoms with Crippen LogP contribution in [0, 0.1) is 0 Å². The molecule has 0 radical (unpaired) electrons. The third-order valence-corrected chi connectivity index (χ3v) is 3.23. The SMILES string of the molecule is CCCCC/C=C\CC(/C=C/C=C\CCCCC(=O)O)OO. The molecule has 0 saturated heterocycles. The minimum absolute atomic E-state index is 0.231. The molecule has 0 amide bonds. The summed E-state index contributed by atoms with van der Waals surface area (Å²) in [7, 11) is 0. The first kappa shape index (κ1) is 20.6. The minimum atomic E-state index is -0.741. The highest BCUT2D eigenvalue weighted by Crippen LogP contribution is 2.05. The molecule has 0 heterocycles. The zero-order chi connectivity index (χ0) is 16.5. The van der Waals surface area contributed by atoms with Gasteiger partial charge in [-0.15, -0.1) is 0 Å². The molecule has 0 fully saturated rings. The van der Waals surface area contributed by atoms with Crippen molar-refractivity contribution in [3.63, 3.8) is 0 Å². The summed E-state index contributed by atoms with van der Waals surface area (Å²) in [4.78, 5) is 14.7. The van der Waals surface area contributed by atoms with E-state index in [4.69, 9.17) is 10.4 Å². The van der Waals surface area contributed by atoms with Crippen molar-refractivity contribution >= 4 is 5.97 Å². The van der Waals surface area contributed by atoms with E-state index in [1.165, 1.54) is 19.3 Å². The van der Waals surface area contributed by atoms with Crippen LogP contribution in [-0.4, -0.2) is 22.4 Å². The fourth-order valence-corrected chi connectivity index (χ4v) is 1.92. The lowest BCUT2D eigenvalue weighted by Crippen LogP contribution is -2.04. The van der Waals surface area contributed by atoms with Gasteiger partial charge >= 0.3 is 5.97 Å². The molecule has 4 heteroatoms. The number of hydrogen-bond acceptors (Lipinski definition) is 3. The monoisotopic (exact) mass is 310 g/mol. The molecular formula is C18H30O4. The van der Waals surface area contributed by atoms with Crippen molar-refractivity contribution in [3.8, 4) is 0 Å². The molecule has 1 atom stereocenters. The Morgan fingerprint density at radius 2 is 1.77 bits per heavy atom. The van der Waals surface area contributed by atoms with E-state index < -0.39 is 5.97 Å². The van der Waals surface area contributed by atoms with E-state index in [0.29, 0.717) is 12.8 Å². The molecule has 4 nitrogen and oxygen atoms in total. The number of carbonyl (C=O) groups is 1. The topological polar surface area (TPSA) is 66.8 Å². The maximum absolute atomic E-state index is 10.3. The van der Waals surface area contributed by atoms with Crippen LogP contribution in [0.2, 0.25) is 0 Å². The van der Waals surface area contributed by atoms with Crippen LogP contribution in [0.25, 0.3) is 0 Å². The Morgan fingerprint density at radius 3 is 2.45 bits per heavy atom. The second kappa shape index (κ2) is 16.0. The Kier molecular flexibility index (Phi) is 15.0. The van der Waals surface area contributed by atoms with E-state index in [2.05, 4.69) is 17.9 Å². The quantitative estimate of drug-likeness (QED) is 0.153. The summed E-state index contributed by atoms with van der Waals surface area (Å²) in [6.07, 6.45) is 19.5. The highest BCUT2D eigenvalue weighted by molar-refractivity contribution is 5.66. The molecule has 0 saturated carbocycles. The van der Waals surface area contributed by atoms with Gasteiger partial charge in [0.2, 0.25) is 0 Å². The second-order valence-electron chi connectivity index (χ2n) is 5.30. The van der Waals surface area contributed by atoms with Crippen molar-refractivity contribution in [2.24, 2.45) is 0 Å². The van der Waals surface area contributed by atoms with Crippen LogP contribution in [0.5, 0.6) is 0 Å². The van der Waals surface area contributed by atoms with Crippen LogP contribution < -0.4 is 0 Å². The van der Waals surface area contributed by atoms with E-state index >= 15 is 0 Å². The first-order chi connectivity index (χ1) is 10.7. The third-order valence-electron chi connectivity index (χ3n) is 3.23. The molecule has 22 heavy (non-hydrogen) atoms. The minimum Gasteiger partial charge on any atom is -0.481 e. The van der Waals surface area contributed by atoms with Gasteiger partial charge in [0.05, 0.1) is 0 Å². The molecular weight excluding hydrogens is 280 g/mol. The Morgan fingerprint density at radius 1 is 1.05 bits per heavy atom. The van der Waals surface area contributed by atoms with Crippen LogP contribution in [0.1, 0.15) is 64.7 Å². The molecule has 0 aromatic rings. The van der Waals surface area contributed by atoms with E-state index in [-0.39, 0.29) is 12.5 Å². The number of carboxylic acids is 1. The Balaban J connectivity index is 3.74. The fourth-order valence-electron chi connectivity index (χ4n) is 1.92. The van der Waals surface area contributed by atoms with Gasteiger partial charge in [-0.2, -0.15) is 0 Å². The molecule has 0 rings (SSSR count). The Labute approximate surface area is 134 Å². The fraction of sp³-hybridized carbons (Fsp3) is 0.611. The van der Waals surface area contributed by atoms with Crippen LogP contribution in [0.3, 0.4) is 0 Å². The van der Waals surface area contributed by atoms with Crippen LogP contribution >= 0.6 is 0 Å². The predicted octanol–water partition coefficient (Wildman–Crippen LogP) is 5.13. The summed E-state index contributed by atoms with van der Waals surface area (Å²) in [6.45, 7) is 2.18. The lowest BCUT2D eigenvalue weighted by Gasteiger charge is -2.04. The summed E-state index contributed by atoms with van der Waals surface area (Å²) in [5, 5.41) is 17.3. The number of rotatable bonds is 14. The summed E-state index contributed by atoms with van der Waals surface area (Å²) in [5.74, 6) is -0.741. The maximum atomic E-state index is 10.3. The maximum Gasteiger partial charge on any atom is 0.303 e. The van der Waals surface area contributed by atoms with Gasteiger partial charge in [0, 0.05) is 6.42 Å². The van der Waals surface area contributed by atoms with Gasteiger partial charge in [-0.3, -0.25) is 10.1 Å². The first-order valence-electron chi connectivity index (χ1n) is 8.21. The van der Waals surface area contributed by atoms with Crippen LogP contribution in [-0.2, 0) is 9.68 Å². The van der Waals surface area contributed by atoms with Crippen LogP contribution in [0.4, 0.5) is 0 Å². The Bertz CT molecular complexity index is 345. The van der Waals surface area contributed by atoms with Crippen molar-refractivity contribution in [1.29, 1.82) is 0 Å². The van der Waals surface area contributed by atoms with Gasteiger partial charge in [0.1, 0.15) is 6.10 Å². The van der Waals surface area contributed by atoms with Crippen LogP contribution in [0.15, 0.2) is 36.5 Å². The number of carboxylic acid groups (broad SMARTS) is 1. The van der Waals surface area contributed by atoms with E-state index in [0.717, 1.165) is 19.3 Å². The molecule has 0 aliphatic heterocycles. The van der Waals surface area contributed by atoms with Gasteiger partial charge in [-0.1, -0.05) is 56.2 Å². The molecule has 2 N–H and O–H groups in total. The number of aliphatic carboxylic acids is 1. The average Bonchev–Trinajstić information content (AvgIpc) is 2.50. The summed E-state index contributed by atoms with van der Waals surface area (Å²) >= 11 is 0. The van der Waals surface area contributed by atoms with Gasteiger partial charge in [0.15, 0.2) is 0 Å². The molecule has 0 aromatic carbocycles. The number of allylic oxidation sites excluding steroid dienone is 4. The molecule has 0 bridgehead atoms. The highest BCUT2D eigenvalue weighted by atomic mass is 17.1. The van der Waals surface area contributed by atoms with E-state index in [9.17, 15) is 4.79 Å².